The number of anilines is 1. The van der Waals surface area contributed by atoms with Gasteiger partial charge in [0.25, 0.3) is 0 Å². The number of halogens is 4. The Kier molecular flexibility index (Phi) is 2.66. The molecular weight excluding hydrogens is 223 g/mol. The number of alkyl halides is 3. The summed E-state index contributed by atoms with van der Waals surface area (Å²) in [6, 6.07) is 1.60. The molecule has 1 aromatic carbocycles. The molecule has 0 aliphatic heterocycles. The number of ether oxygens (including phenoxy) is 1. The van der Waals surface area contributed by atoms with Crippen molar-refractivity contribution in [3.63, 3.8) is 0 Å². The topological polar surface area (TPSA) is 55.5 Å². The van der Waals surface area contributed by atoms with Crippen LogP contribution >= 0.6 is 11.6 Å². The van der Waals surface area contributed by atoms with E-state index in [4.69, 9.17) is 22.4 Å². The van der Waals surface area contributed by atoms with Gasteiger partial charge < -0.3 is 15.6 Å². The normalized spacial score (nSPS) is 11.4. The van der Waals surface area contributed by atoms with E-state index in [0.717, 1.165) is 12.1 Å². The number of hydrogen-bond donors (Lipinski definition) is 2. The molecule has 0 saturated heterocycles. The van der Waals surface area contributed by atoms with E-state index in [0.29, 0.717) is 0 Å². The molecule has 7 heteroatoms. The van der Waals surface area contributed by atoms with E-state index < -0.39 is 17.9 Å². The smallest absolute Gasteiger partial charge is 0.506 e. The summed E-state index contributed by atoms with van der Waals surface area (Å²) < 4.78 is 38.7. The maximum atomic E-state index is 11.7. The van der Waals surface area contributed by atoms with Crippen LogP contribution in [0.4, 0.5) is 18.9 Å². The molecule has 0 aliphatic carbocycles. The molecule has 0 fully saturated rings. The number of rotatable bonds is 1. The monoisotopic (exact) mass is 227 g/mol. The SMILES string of the molecule is Nc1cc(OC(F)(F)F)cc(O)c1Cl. The Balaban J connectivity index is 3.02. The van der Waals surface area contributed by atoms with Crippen LogP contribution in [-0.4, -0.2) is 11.5 Å². The van der Waals surface area contributed by atoms with Gasteiger partial charge in [-0.05, 0) is 0 Å². The first-order valence-corrected chi connectivity index (χ1v) is 3.71. The summed E-state index contributed by atoms with van der Waals surface area (Å²) in [7, 11) is 0. The average molecular weight is 228 g/mol. The summed E-state index contributed by atoms with van der Waals surface area (Å²) in [5, 5.41) is 8.81. The first-order valence-electron chi connectivity index (χ1n) is 3.33. The van der Waals surface area contributed by atoms with E-state index in [1.54, 1.807) is 0 Å². The molecule has 0 bridgehead atoms. The predicted octanol–water partition coefficient (Wildman–Crippen LogP) is 2.53. The van der Waals surface area contributed by atoms with E-state index in [1.165, 1.54) is 0 Å². The Morgan fingerprint density at radius 2 is 1.93 bits per heavy atom. The van der Waals surface area contributed by atoms with Crippen molar-refractivity contribution in [3.05, 3.63) is 17.2 Å². The first-order chi connectivity index (χ1) is 6.29. The number of phenolic OH excluding ortho intramolecular Hbond substituents is 1. The van der Waals surface area contributed by atoms with Crippen molar-refractivity contribution in [2.45, 2.75) is 6.36 Å². The molecule has 0 aliphatic rings. The fraction of sp³-hybridized carbons (Fsp3) is 0.143. The molecule has 0 heterocycles. The molecule has 0 aromatic heterocycles. The lowest BCUT2D eigenvalue weighted by Gasteiger charge is -2.10. The van der Waals surface area contributed by atoms with Crippen LogP contribution in [0.25, 0.3) is 0 Å². The third-order valence-electron chi connectivity index (χ3n) is 1.29. The van der Waals surface area contributed by atoms with Gasteiger partial charge in [-0.1, -0.05) is 11.6 Å². The third kappa shape index (κ3) is 2.59. The van der Waals surface area contributed by atoms with Crippen molar-refractivity contribution in [1.82, 2.24) is 0 Å². The zero-order chi connectivity index (χ0) is 10.9. The lowest BCUT2D eigenvalue weighted by atomic mass is 10.3. The molecule has 78 valence electrons. The van der Waals surface area contributed by atoms with Crippen LogP contribution in [0.3, 0.4) is 0 Å². The van der Waals surface area contributed by atoms with Gasteiger partial charge >= 0.3 is 6.36 Å². The predicted molar refractivity (Wildman–Crippen MR) is 44.2 cm³/mol. The van der Waals surface area contributed by atoms with E-state index >= 15 is 0 Å². The van der Waals surface area contributed by atoms with E-state index in [1.807, 2.05) is 0 Å². The average Bonchev–Trinajstić information content (AvgIpc) is 1.96. The molecule has 3 nitrogen and oxygen atoms in total. The minimum absolute atomic E-state index is 0.189. The Morgan fingerprint density at radius 1 is 1.36 bits per heavy atom. The van der Waals surface area contributed by atoms with Crippen LogP contribution in [0, 0.1) is 0 Å². The quantitative estimate of drug-likeness (QED) is 0.725. The molecule has 1 aromatic rings. The Hall–Kier alpha value is -1.30. The molecule has 0 unspecified atom stereocenters. The third-order valence-corrected chi connectivity index (χ3v) is 1.70. The Labute approximate surface area is 81.8 Å². The zero-order valence-corrected chi connectivity index (χ0v) is 7.36. The summed E-state index contributed by atoms with van der Waals surface area (Å²) in [5.74, 6) is -1.18. The maximum absolute atomic E-state index is 11.7. The highest BCUT2D eigenvalue weighted by Gasteiger charge is 2.31. The van der Waals surface area contributed by atoms with Crippen LogP contribution in [0.1, 0.15) is 0 Å². The minimum Gasteiger partial charge on any atom is -0.506 e. The van der Waals surface area contributed by atoms with Crippen molar-refractivity contribution in [3.8, 4) is 11.5 Å². The van der Waals surface area contributed by atoms with Crippen LogP contribution < -0.4 is 10.5 Å². The summed E-state index contributed by atoms with van der Waals surface area (Å²) in [4.78, 5) is 0. The molecule has 0 radical (unpaired) electrons. The largest absolute Gasteiger partial charge is 0.573 e. The highest BCUT2D eigenvalue weighted by atomic mass is 35.5. The van der Waals surface area contributed by atoms with Crippen LogP contribution in [0.2, 0.25) is 5.02 Å². The maximum Gasteiger partial charge on any atom is 0.573 e. The first kappa shape index (κ1) is 10.8. The van der Waals surface area contributed by atoms with Crippen molar-refractivity contribution in [1.29, 1.82) is 0 Å². The summed E-state index contributed by atoms with van der Waals surface area (Å²) in [5.41, 5.74) is 5.01. The molecular formula is C7H5ClF3NO2. The summed E-state index contributed by atoms with van der Waals surface area (Å²) in [6.07, 6.45) is -4.83. The second-order valence-electron chi connectivity index (χ2n) is 2.39. The zero-order valence-electron chi connectivity index (χ0n) is 6.60. The van der Waals surface area contributed by atoms with Gasteiger partial charge in [-0.25, -0.2) is 0 Å². The van der Waals surface area contributed by atoms with E-state index in [-0.39, 0.29) is 10.7 Å². The van der Waals surface area contributed by atoms with Crippen LogP contribution in [-0.2, 0) is 0 Å². The molecule has 0 amide bonds. The summed E-state index contributed by atoms with van der Waals surface area (Å²) in [6.45, 7) is 0. The molecule has 0 saturated carbocycles. The molecule has 14 heavy (non-hydrogen) atoms. The Bertz CT molecular complexity index is 330. The van der Waals surface area contributed by atoms with Gasteiger partial charge in [-0.15, -0.1) is 13.2 Å². The van der Waals surface area contributed by atoms with Gasteiger partial charge in [0.15, 0.2) is 0 Å². The second kappa shape index (κ2) is 3.45. The number of benzene rings is 1. The highest BCUT2D eigenvalue weighted by Crippen LogP contribution is 2.35. The molecule has 1 rings (SSSR count). The Morgan fingerprint density at radius 3 is 2.36 bits per heavy atom. The molecule has 0 spiro atoms. The summed E-state index contributed by atoms with van der Waals surface area (Å²) >= 11 is 5.41. The lowest BCUT2D eigenvalue weighted by Crippen LogP contribution is -2.17. The van der Waals surface area contributed by atoms with Gasteiger partial charge in [0.05, 0.1) is 5.69 Å². The standard InChI is InChI=1S/C7H5ClF3NO2/c8-6-4(12)1-3(2-5(6)13)14-7(9,10)11/h1-2,13H,12H2. The lowest BCUT2D eigenvalue weighted by molar-refractivity contribution is -0.274. The van der Waals surface area contributed by atoms with Crippen molar-refractivity contribution < 1.29 is 23.0 Å². The minimum atomic E-state index is -4.83. The van der Waals surface area contributed by atoms with Gasteiger partial charge in [0.1, 0.15) is 16.5 Å². The van der Waals surface area contributed by atoms with Crippen molar-refractivity contribution in [2.75, 3.05) is 5.73 Å². The van der Waals surface area contributed by atoms with E-state index in [2.05, 4.69) is 4.74 Å². The van der Waals surface area contributed by atoms with Gasteiger partial charge in [0.2, 0.25) is 0 Å². The number of hydrogen-bond acceptors (Lipinski definition) is 3. The van der Waals surface area contributed by atoms with Crippen molar-refractivity contribution in [2.24, 2.45) is 0 Å². The molecule has 3 N–H and O–H groups in total. The number of nitrogens with two attached hydrogens (primary N) is 1. The van der Waals surface area contributed by atoms with Crippen LogP contribution in [0.15, 0.2) is 12.1 Å². The number of aromatic hydroxyl groups is 1. The molecule has 0 atom stereocenters. The van der Waals surface area contributed by atoms with E-state index in [9.17, 15) is 13.2 Å². The fourth-order valence-electron chi connectivity index (χ4n) is 0.797. The second-order valence-corrected chi connectivity index (χ2v) is 2.77. The van der Waals surface area contributed by atoms with Gasteiger partial charge in [-0.2, -0.15) is 0 Å². The number of nitrogen functional groups attached to an aromatic ring is 1. The number of phenols is 1. The van der Waals surface area contributed by atoms with Crippen molar-refractivity contribution >= 4 is 17.3 Å². The fourth-order valence-corrected chi connectivity index (χ4v) is 0.906. The van der Waals surface area contributed by atoms with Gasteiger partial charge in [0, 0.05) is 12.1 Å². The van der Waals surface area contributed by atoms with Gasteiger partial charge in [-0.3, -0.25) is 0 Å². The highest BCUT2D eigenvalue weighted by molar-refractivity contribution is 6.34. The van der Waals surface area contributed by atoms with Crippen LogP contribution in [0.5, 0.6) is 11.5 Å².